The Bertz CT molecular complexity index is 1120. The number of ether oxygens (including phenoxy) is 2. The van der Waals surface area contributed by atoms with Gasteiger partial charge in [-0.15, -0.1) is 0 Å². The topological polar surface area (TPSA) is 88.1 Å². The monoisotopic (exact) mass is 422 g/mol. The van der Waals surface area contributed by atoms with Crippen molar-refractivity contribution in [3.05, 3.63) is 72.3 Å². The van der Waals surface area contributed by atoms with E-state index in [4.69, 9.17) is 14.3 Å². The first-order valence-corrected chi connectivity index (χ1v) is 9.77. The third-order valence-electron chi connectivity index (χ3n) is 5.28. The number of rotatable bonds is 3. The van der Waals surface area contributed by atoms with Crippen molar-refractivity contribution >= 4 is 34.3 Å². The van der Waals surface area contributed by atoms with E-state index in [0.717, 1.165) is 5.39 Å². The first-order valence-electron chi connectivity index (χ1n) is 9.77. The highest BCUT2D eigenvalue weighted by Crippen LogP contribution is 2.34. The van der Waals surface area contributed by atoms with E-state index in [1.54, 1.807) is 48.5 Å². The zero-order valence-electron chi connectivity index (χ0n) is 17.2. The minimum absolute atomic E-state index is 0.274. The number of hydrogen-bond acceptors (Lipinski definition) is 6. The van der Waals surface area contributed by atoms with Crippen LogP contribution in [0, 0.1) is 0 Å². The lowest BCUT2D eigenvalue weighted by atomic mass is 10.1. The number of carboxylic acid groups (broad SMARTS) is 1. The molecule has 3 aromatic carbocycles. The van der Waals surface area contributed by atoms with Crippen LogP contribution < -0.4 is 14.7 Å². The summed E-state index contributed by atoms with van der Waals surface area (Å²) < 4.78 is 9.94. The summed E-state index contributed by atoms with van der Waals surface area (Å²) in [5.41, 5.74) is 1.41. The van der Waals surface area contributed by atoms with Crippen molar-refractivity contribution < 1.29 is 29.0 Å². The molecule has 8 heteroatoms. The van der Waals surface area contributed by atoms with Crippen molar-refractivity contribution in [2.24, 2.45) is 0 Å². The van der Waals surface area contributed by atoms with Crippen LogP contribution in [0.3, 0.4) is 0 Å². The molecule has 0 N–H and O–H groups in total. The molecule has 2 amide bonds. The van der Waals surface area contributed by atoms with Gasteiger partial charge in [0.15, 0.2) is 12.0 Å². The fraction of sp³-hybridized carbons (Fsp3) is 0.217. The number of carbonyl (C=O) groups is 2. The fourth-order valence-corrected chi connectivity index (χ4v) is 3.61. The van der Waals surface area contributed by atoms with Crippen LogP contribution in [0.5, 0.6) is 0 Å². The van der Waals surface area contributed by atoms with Crippen molar-refractivity contribution in [2.45, 2.75) is 6.29 Å². The van der Waals surface area contributed by atoms with Gasteiger partial charge in [-0.1, -0.05) is 53.2 Å². The van der Waals surface area contributed by atoms with Crippen LogP contribution in [0.15, 0.2) is 66.7 Å². The molecule has 4 rings (SSSR count). The second kappa shape index (κ2) is 8.35. The maximum Gasteiger partial charge on any atom is 0.469 e. The zero-order chi connectivity index (χ0) is 22.0. The Labute approximate surface area is 179 Å². The van der Waals surface area contributed by atoms with E-state index in [2.05, 4.69) is 0 Å². The number of para-hydroxylation sites is 1. The van der Waals surface area contributed by atoms with Crippen molar-refractivity contribution in [1.29, 1.82) is 0 Å². The van der Waals surface area contributed by atoms with E-state index >= 15 is 0 Å². The standard InChI is InChI=1S/C23H22N2O6/c1-24(19-12-6-5-11-18(19)21-29-14-15-30-21)22(26)31-25(2,23(27)28)20-13-7-9-16-8-3-4-10-17(16)20/h3-13,21H,14-15H2,1-2H3. The molecule has 0 aromatic heterocycles. The first kappa shape index (κ1) is 20.8. The molecule has 31 heavy (non-hydrogen) atoms. The zero-order valence-corrected chi connectivity index (χ0v) is 17.2. The van der Waals surface area contributed by atoms with E-state index in [1.807, 2.05) is 18.2 Å². The number of amides is 2. The Morgan fingerprint density at radius 1 is 1.00 bits per heavy atom. The molecule has 1 atom stereocenters. The summed E-state index contributed by atoms with van der Waals surface area (Å²) in [7, 11) is 2.76. The number of fused-ring (bicyclic) bond motifs is 1. The lowest BCUT2D eigenvalue weighted by Gasteiger charge is -2.32. The van der Waals surface area contributed by atoms with Gasteiger partial charge in [0.1, 0.15) is 7.05 Å². The third kappa shape index (κ3) is 3.84. The first-order chi connectivity index (χ1) is 14.9. The highest BCUT2D eigenvalue weighted by Gasteiger charge is 2.38. The minimum Gasteiger partial charge on any atom is -0.495 e. The second-order valence-corrected chi connectivity index (χ2v) is 7.24. The molecule has 1 aliphatic heterocycles. The molecule has 0 radical (unpaired) electrons. The van der Waals surface area contributed by atoms with Gasteiger partial charge < -0.3 is 19.4 Å². The highest BCUT2D eigenvalue weighted by atomic mass is 16.8. The predicted octanol–water partition coefficient (Wildman–Crippen LogP) is 3.35. The average Bonchev–Trinajstić information content (AvgIpc) is 3.32. The van der Waals surface area contributed by atoms with Crippen LogP contribution in [-0.2, 0) is 14.3 Å². The molecular weight excluding hydrogens is 400 g/mol. The quantitative estimate of drug-likeness (QED) is 0.475. The fourth-order valence-electron chi connectivity index (χ4n) is 3.61. The van der Waals surface area contributed by atoms with Crippen LogP contribution in [0.1, 0.15) is 11.9 Å². The van der Waals surface area contributed by atoms with Gasteiger partial charge in [0.2, 0.25) is 0 Å². The molecule has 0 bridgehead atoms. The van der Waals surface area contributed by atoms with Crippen molar-refractivity contribution in [1.82, 2.24) is 4.65 Å². The van der Waals surface area contributed by atoms with Crippen molar-refractivity contribution in [3.8, 4) is 0 Å². The Morgan fingerprint density at radius 3 is 2.39 bits per heavy atom. The van der Waals surface area contributed by atoms with Crippen LogP contribution >= 0.6 is 0 Å². The highest BCUT2D eigenvalue weighted by molar-refractivity contribution is 5.98. The summed E-state index contributed by atoms with van der Waals surface area (Å²) in [5, 5.41) is 13.6. The van der Waals surface area contributed by atoms with Gasteiger partial charge in [-0.2, -0.15) is 0 Å². The summed E-state index contributed by atoms with van der Waals surface area (Å²) >= 11 is 0. The maximum atomic E-state index is 13.1. The average molecular weight is 422 g/mol. The number of carbonyl (C=O) groups excluding carboxylic acids is 2. The minimum atomic E-state index is -1.58. The SMILES string of the molecule is CN(C(=O)O[N+](C)(C(=O)[O-])c1cccc2ccccc12)c1ccccc1C1OCCO1. The van der Waals surface area contributed by atoms with Gasteiger partial charge in [0.25, 0.3) is 0 Å². The van der Waals surface area contributed by atoms with Crippen LogP contribution in [-0.4, -0.2) is 39.5 Å². The van der Waals surface area contributed by atoms with Crippen LogP contribution in [0.2, 0.25) is 0 Å². The molecular formula is C23H22N2O6. The Hall–Kier alpha value is -3.46. The Morgan fingerprint density at radius 2 is 1.65 bits per heavy atom. The van der Waals surface area contributed by atoms with Crippen molar-refractivity contribution in [3.63, 3.8) is 0 Å². The van der Waals surface area contributed by atoms with Gasteiger partial charge in [-0.25, -0.2) is 9.63 Å². The normalized spacial score (nSPS) is 16.1. The number of hydroxylamine groups is 2. The second-order valence-electron chi connectivity index (χ2n) is 7.24. The van der Waals surface area contributed by atoms with E-state index in [9.17, 15) is 14.7 Å². The van der Waals surface area contributed by atoms with Crippen LogP contribution in [0.4, 0.5) is 21.0 Å². The molecule has 0 saturated carbocycles. The summed E-state index contributed by atoms with van der Waals surface area (Å²) in [6, 6.07) is 19.5. The smallest absolute Gasteiger partial charge is 0.469 e. The molecule has 1 heterocycles. The maximum absolute atomic E-state index is 13.1. The van der Waals surface area contributed by atoms with Gasteiger partial charge in [0.05, 0.1) is 18.9 Å². The van der Waals surface area contributed by atoms with E-state index in [1.165, 1.54) is 19.0 Å². The largest absolute Gasteiger partial charge is 0.495 e. The molecule has 1 saturated heterocycles. The van der Waals surface area contributed by atoms with Gasteiger partial charge in [0, 0.05) is 24.1 Å². The molecule has 3 aromatic rings. The van der Waals surface area contributed by atoms with E-state index in [-0.39, 0.29) is 5.69 Å². The molecule has 0 spiro atoms. The molecule has 1 aliphatic rings. The molecule has 0 aliphatic carbocycles. The number of anilines is 1. The summed E-state index contributed by atoms with van der Waals surface area (Å²) in [4.78, 5) is 32.0. The molecule has 160 valence electrons. The lowest BCUT2D eigenvalue weighted by Crippen LogP contribution is -2.59. The number of nitrogens with zero attached hydrogens (tertiary/aromatic N) is 2. The van der Waals surface area contributed by atoms with E-state index < -0.39 is 23.1 Å². The Kier molecular flexibility index (Phi) is 5.60. The lowest BCUT2D eigenvalue weighted by molar-refractivity contribution is -0.285. The predicted molar refractivity (Wildman–Crippen MR) is 113 cm³/mol. The molecule has 1 unspecified atom stereocenters. The van der Waals surface area contributed by atoms with Gasteiger partial charge in [-0.3, -0.25) is 4.90 Å². The Balaban J connectivity index is 1.68. The molecule has 1 fully saturated rings. The van der Waals surface area contributed by atoms with Gasteiger partial charge in [-0.05, 0) is 17.5 Å². The van der Waals surface area contributed by atoms with Crippen LogP contribution in [0.25, 0.3) is 10.8 Å². The summed E-state index contributed by atoms with van der Waals surface area (Å²) in [6.45, 7) is 0.905. The summed E-state index contributed by atoms with van der Waals surface area (Å²) in [6.07, 6.45) is -3.05. The third-order valence-corrected chi connectivity index (χ3v) is 5.28. The van der Waals surface area contributed by atoms with Crippen molar-refractivity contribution in [2.75, 3.05) is 32.2 Å². The number of quaternary nitrogens is 1. The van der Waals surface area contributed by atoms with Gasteiger partial charge >= 0.3 is 12.2 Å². The molecule has 8 nitrogen and oxygen atoms in total. The number of benzene rings is 3. The summed E-state index contributed by atoms with van der Waals surface area (Å²) in [5.74, 6) is 0. The van der Waals surface area contributed by atoms with E-state index in [0.29, 0.717) is 29.9 Å². The number of hydrogen-bond donors (Lipinski definition) is 0.